The molecule has 31 heavy (non-hydrogen) atoms. The highest BCUT2D eigenvalue weighted by molar-refractivity contribution is 7.83. The second-order valence-corrected chi connectivity index (χ2v) is 9.64. The maximum absolute atomic E-state index is 9.56. The average Bonchev–Trinajstić information content (AvgIpc) is 2.84. The van der Waals surface area contributed by atoms with Gasteiger partial charge in [0.15, 0.2) is 0 Å². The van der Waals surface area contributed by atoms with Crippen LogP contribution in [0, 0.1) is 13.8 Å². The average molecular weight is 437 g/mol. The number of hydrogen-bond donors (Lipinski definition) is 0. The summed E-state index contributed by atoms with van der Waals surface area (Å²) in [6, 6.07) is 15.7. The Balaban J connectivity index is 0.000000519. The summed E-state index contributed by atoms with van der Waals surface area (Å²) >= 11 is 0. The van der Waals surface area contributed by atoms with Crippen molar-refractivity contribution in [1.82, 2.24) is 0 Å². The second kappa shape index (κ2) is 14.0. The summed E-state index contributed by atoms with van der Waals surface area (Å²) in [5.41, 5.74) is 11.3. The predicted molar refractivity (Wildman–Crippen MR) is 142 cm³/mol. The molecule has 2 aromatic carbocycles. The highest BCUT2D eigenvalue weighted by atomic mass is 32.2. The van der Waals surface area contributed by atoms with Crippen molar-refractivity contribution >= 4 is 22.4 Å². The predicted octanol–water partition coefficient (Wildman–Crippen LogP) is 8.09. The van der Waals surface area contributed by atoms with Crippen molar-refractivity contribution in [3.63, 3.8) is 0 Å². The van der Waals surface area contributed by atoms with E-state index in [9.17, 15) is 4.21 Å². The van der Waals surface area contributed by atoms with Crippen LogP contribution in [0.2, 0.25) is 0 Å². The lowest BCUT2D eigenvalue weighted by Crippen LogP contribution is -1.93. The van der Waals surface area contributed by atoms with Crippen molar-refractivity contribution < 1.29 is 4.21 Å². The van der Waals surface area contributed by atoms with Crippen molar-refractivity contribution in [2.45, 2.75) is 60.3 Å². The minimum atomic E-state index is -0.611. The van der Waals surface area contributed by atoms with Gasteiger partial charge in [0.05, 0.1) is 0 Å². The molecule has 0 bridgehead atoms. The molecule has 0 aromatic heterocycles. The Morgan fingerprint density at radius 2 is 1.58 bits per heavy atom. The first-order valence-electron chi connectivity index (χ1n) is 11.2. The largest absolute Gasteiger partial charge is 0.260 e. The van der Waals surface area contributed by atoms with Crippen LogP contribution in [0.5, 0.6) is 0 Å². The van der Waals surface area contributed by atoms with E-state index in [1.165, 1.54) is 45.4 Å². The van der Waals surface area contributed by atoms with Crippen LogP contribution >= 0.6 is 0 Å². The van der Waals surface area contributed by atoms with Gasteiger partial charge in [0.1, 0.15) is 0 Å². The van der Waals surface area contributed by atoms with E-state index in [0.717, 1.165) is 19.3 Å². The summed E-state index contributed by atoms with van der Waals surface area (Å²) in [5.74, 6) is 0. The molecule has 1 nitrogen and oxygen atoms in total. The van der Waals surface area contributed by atoms with Gasteiger partial charge >= 0.3 is 0 Å². The smallest absolute Gasteiger partial charge is 0.0148 e. The number of aryl methyl sites for hydroxylation is 3. The first kappa shape index (κ1) is 26.8. The van der Waals surface area contributed by atoms with Gasteiger partial charge in [0.2, 0.25) is 0 Å². The fourth-order valence-corrected chi connectivity index (χ4v) is 3.58. The third kappa shape index (κ3) is 9.23. The van der Waals surface area contributed by atoms with Gasteiger partial charge in [-0.25, -0.2) is 0 Å². The molecule has 0 spiro atoms. The molecule has 2 aromatic rings. The summed E-state index contributed by atoms with van der Waals surface area (Å²) in [7, 11) is -0.611. The van der Waals surface area contributed by atoms with E-state index in [4.69, 9.17) is 0 Å². The maximum atomic E-state index is 9.56. The highest BCUT2D eigenvalue weighted by Crippen LogP contribution is 2.36. The lowest BCUT2D eigenvalue weighted by atomic mass is 9.91. The van der Waals surface area contributed by atoms with Gasteiger partial charge in [-0.15, -0.1) is 6.58 Å². The van der Waals surface area contributed by atoms with Crippen LogP contribution in [0.3, 0.4) is 0 Å². The van der Waals surface area contributed by atoms with Gasteiger partial charge < -0.3 is 0 Å². The van der Waals surface area contributed by atoms with Crippen molar-refractivity contribution in [2.24, 2.45) is 0 Å². The molecule has 0 amide bonds. The van der Waals surface area contributed by atoms with E-state index in [2.05, 4.69) is 89.7 Å². The van der Waals surface area contributed by atoms with Gasteiger partial charge in [-0.3, -0.25) is 4.21 Å². The first-order chi connectivity index (χ1) is 14.7. The zero-order chi connectivity index (χ0) is 23.4. The SMILES string of the molecule is C=CCC.CCC1=C(C)/C(=C\c2cccc(C)c2)c2cc(C)ccc2CC1.CS(C)=O. The standard InChI is InChI=1S/C23H26.C4H8.C2H6OS/c1-5-20-11-12-21-10-9-17(3)14-23(21)22(18(20)4)15-19-8-6-7-16(2)13-19;1-3-4-2;1-4(2)3/h6-10,13-15H,5,11-12H2,1-4H3;3H,1,4H2,2H3;1-2H3/b22-15+;;. The quantitative estimate of drug-likeness (QED) is 0.444. The van der Waals surface area contributed by atoms with E-state index in [1.54, 1.807) is 18.1 Å². The van der Waals surface area contributed by atoms with Crippen LogP contribution in [-0.4, -0.2) is 16.7 Å². The highest BCUT2D eigenvalue weighted by Gasteiger charge is 2.17. The summed E-state index contributed by atoms with van der Waals surface area (Å²) in [6.45, 7) is 14.5. The van der Waals surface area contributed by atoms with E-state index >= 15 is 0 Å². The number of fused-ring (bicyclic) bond motifs is 1. The molecular weight excluding hydrogens is 396 g/mol. The van der Waals surface area contributed by atoms with Crippen LogP contribution < -0.4 is 0 Å². The van der Waals surface area contributed by atoms with Crippen molar-refractivity contribution in [2.75, 3.05) is 12.5 Å². The summed E-state index contributed by atoms with van der Waals surface area (Å²) in [4.78, 5) is 0. The van der Waals surface area contributed by atoms with Crippen LogP contribution in [0.4, 0.5) is 0 Å². The van der Waals surface area contributed by atoms with Crippen LogP contribution in [0.15, 0.2) is 66.3 Å². The molecule has 0 aliphatic heterocycles. The van der Waals surface area contributed by atoms with Crippen LogP contribution in [0.1, 0.15) is 67.9 Å². The van der Waals surface area contributed by atoms with Gasteiger partial charge in [-0.05, 0) is 80.4 Å². The molecule has 3 rings (SSSR count). The van der Waals surface area contributed by atoms with Crippen molar-refractivity contribution in [3.05, 3.63) is 94.1 Å². The molecule has 0 unspecified atom stereocenters. The lowest BCUT2D eigenvalue weighted by Gasteiger charge is -2.14. The number of benzene rings is 2. The lowest BCUT2D eigenvalue weighted by molar-refractivity contribution is 0.690. The topological polar surface area (TPSA) is 17.1 Å². The first-order valence-corrected chi connectivity index (χ1v) is 13.1. The van der Waals surface area contributed by atoms with Crippen molar-refractivity contribution in [1.29, 1.82) is 0 Å². The third-order valence-corrected chi connectivity index (χ3v) is 5.25. The number of hydrogen-bond acceptors (Lipinski definition) is 1. The van der Waals surface area contributed by atoms with E-state index in [1.807, 2.05) is 6.08 Å². The Morgan fingerprint density at radius 3 is 2.13 bits per heavy atom. The second-order valence-electron chi connectivity index (χ2n) is 8.15. The van der Waals surface area contributed by atoms with E-state index in [0.29, 0.717) is 0 Å². The van der Waals surface area contributed by atoms with Gasteiger partial charge in [0.25, 0.3) is 0 Å². The maximum Gasteiger partial charge on any atom is 0.0148 e. The minimum absolute atomic E-state index is 0.611. The fourth-order valence-electron chi connectivity index (χ4n) is 3.58. The fraction of sp³-hybridized carbons (Fsp3) is 0.379. The molecule has 0 fully saturated rings. The van der Waals surface area contributed by atoms with Gasteiger partial charge in [0, 0.05) is 23.3 Å². The van der Waals surface area contributed by atoms with Crippen LogP contribution in [0.25, 0.3) is 11.6 Å². The molecule has 1 aliphatic rings. The molecule has 2 heteroatoms. The Hall–Kier alpha value is -2.19. The van der Waals surface area contributed by atoms with E-state index in [-0.39, 0.29) is 0 Å². The molecule has 0 heterocycles. The molecule has 1 aliphatic carbocycles. The molecule has 0 saturated carbocycles. The van der Waals surface area contributed by atoms with E-state index < -0.39 is 10.8 Å². The molecule has 0 saturated heterocycles. The molecule has 0 atom stereocenters. The summed E-state index contributed by atoms with van der Waals surface area (Å²) in [6.07, 6.45) is 12.1. The Morgan fingerprint density at radius 1 is 0.968 bits per heavy atom. The zero-order valence-electron chi connectivity index (χ0n) is 20.5. The molecule has 0 N–H and O–H groups in total. The Kier molecular flexibility index (Phi) is 12.1. The van der Waals surface area contributed by atoms with Crippen LogP contribution in [-0.2, 0) is 17.2 Å². The van der Waals surface area contributed by atoms with Crippen molar-refractivity contribution in [3.8, 4) is 0 Å². The Labute approximate surface area is 193 Å². The monoisotopic (exact) mass is 436 g/mol. The van der Waals surface area contributed by atoms with Gasteiger partial charge in [-0.2, -0.15) is 0 Å². The summed E-state index contributed by atoms with van der Waals surface area (Å²) in [5, 5.41) is 0. The molecule has 0 radical (unpaired) electrons. The van der Waals surface area contributed by atoms with Gasteiger partial charge in [-0.1, -0.05) is 79.1 Å². The number of allylic oxidation sites excluding steroid dienone is 4. The minimum Gasteiger partial charge on any atom is -0.260 e. The Bertz CT molecular complexity index is 943. The molecule has 168 valence electrons. The third-order valence-electron chi connectivity index (χ3n) is 5.25. The summed E-state index contributed by atoms with van der Waals surface area (Å²) < 4.78 is 9.56. The zero-order valence-corrected chi connectivity index (χ0v) is 21.4. The number of rotatable bonds is 3. The normalized spacial score (nSPS) is 14.1. The molecular formula is C29H40OS.